The minimum absolute atomic E-state index is 0.167. The number of carbonyl (C=O) groups excluding carboxylic acids is 3. The maximum Gasteiger partial charge on any atom is 0.248 e. The van der Waals surface area contributed by atoms with Crippen LogP contribution in [0, 0.1) is 11.8 Å². The first kappa shape index (κ1) is 28.6. The highest BCUT2D eigenvalue weighted by atomic mass is 32.2. The van der Waals surface area contributed by atoms with Gasteiger partial charge in [-0.2, -0.15) is 0 Å². The van der Waals surface area contributed by atoms with Gasteiger partial charge in [0.15, 0.2) is 0 Å². The Kier molecular flexibility index (Phi) is 7.22. The lowest BCUT2D eigenvalue weighted by atomic mass is 9.66. The summed E-state index contributed by atoms with van der Waals surface area (Å²) in [6.45, 7) is 2.09. The summed E-state index contributed by atoms with van der Waals surface area (Å²) in [4.78, 5) is 44.7. The predicted molar refractivity (Wildman–Crippen MR) is 173 cm³/mol. The molecule has 3 amide bonds. The van der Waals surface area contributed by atoms with E-state index in [2.05, 4.69) is 17.6 Å². The second kappa shape index (κ2) is 11.1. The van der Waals surface area contributed by atoms with Crippen LogP contribution in [0.1, 0.15) is 36.9 Å². The zero-order valence-electron chi connectivity index (χ0n) is 24.5. The normalized spacial score (nSPS) is 27.7. The Morgan fingerprint density at radius 3 is 2.32 bits per heavy atom. The van der Waals surface area contributed by atoms with Gasteiger partial charge in [0.1, 0.15) is 6.04 Å². The molecule has 4 aromatic carbocycles. The molecule has 3 saturated heterocycles. The summed E-state index contributed by atoms with van der Waals surface area (Å²) in [5.74, 6) is -2.00. The summed E-state index contributed by atoms with van der Waals surface area (Å²) in [6, 6.07) is 31.2. The van der Waals surface area contributed by atoms with E-state index in [0.717, 1.165) is 21.9 Å². The van der Waals surface area contributed by atoms with Crippen molar-refractivity contribution in [2.45, 2.75) is 47.9 Å². The number of aliphatic hydroxyl groups is 1. The maximum absolute atomic E-state index is 14.7. The number of nitrogens with zero attached hydrogens (tertiary/aromatic N) is 1. The molecule has 44 heavy (non-hydrogen) atoms. The van der Waals surface area contributed by atoms with Crippen LogP contribution in [0.2, 0.25) is 0 Å². The molecule has 3 heterocycles. The summed E-state index contributed by atoms with van der Waals surface area (Å²) in [6.07, 6.45) is 1.35. The second-order valence-electron chi connectivity index (χ2n) is 12.3. The van der Waals surface area contributed by atoms with E-state index in [1.54, 1.807) is 16.7 Å². The Morgan fingerprint density at radius 2 is 1.59 bits per heavy atom. The third-order valence-electron chi connectivity index (χ3n) is 9.76. The van der Waals surface area contributed by atoms with Crippen LogP contribution in [0.3, 0.4) is 0 Å². The van der Waals surface area contributed by atoms with Crippen molar-refractivity contribution in [2.24, 2.45) is 11.8 Å². The molecule has 3 fully saturated rings. The minimum atomic E-state index is -0.873. The highest BCUT2D eigenvalue weighted by molar-refractivity contribution is 8.02. The highest BCUT2D eigenvalue weighted by Crippen LogP contribution is 2.72. The van der Waals surface area contributed by atoms with E-state index in [-0.39, 0.29) is 24.3 Å². The molecule has 1 spiro atoms. The molecule has 0 radical (unpaired) electrons. The minimum Gasteiger partial charge on any atom is -0.394 e. The molecule has 2 bridgehead atoms. The average molecular weight is 606 g/mol. The number of nitrogens with one attached hydrogen (secondary N) is 2. The van der Waals surface area contributed by atoms with Crippen molar-refractivity contribution in [1.82, 2.24) is 10.2 Å². The number of fused-ring (bicyclic) bond motifs is 2. The Balaban J connectivity index is 1.27. The fourth-order valence-corrected chi connectivity index (χ4v) is 10.1. The van der Waals surface area contributed by atoms with E-state index >= 15 is 0 Å². The summed E-state index contributed by atoms with van der Waals surface area (Å²) in [7, 11) is 0. The second-order valence-corrected chi connectivity index (χ2v) is 14.2. The number of carbonyl (C=O) groups is 3. The Morgan fingerprint density at radius 1 is 0.909 bits per heavy atom. The fraction of sp³-hybridized carbons (Fsp3) is 0.306. The molecular weight excluding hydrogens is 570 g/mol. The summed E-state index contributed by atoms with van der Waals surface area (Å²) in [5.41, 5.74) is 2.37. The van der Waals surface area contributed by atoms with Gasteiger partial charge in [-0.15, -0.1) is 11.8 Å². The quantitative estimate of drug-likeness (QED) is 0.253. The average Bonchev–Trinajstić information content (AvgIpc) is 3.62. The van der Waals surface area contributed by atoms with Crippen LogP contribution in [-0.4, -0.2) is 49.9 Å². The molecule has 2 unspecified atom stereocenters. The highest BCUT2D eigenvalue weighted by Gasteiger charge is 2.77. The number of likely N-dealkylation sites (tertiary alicyclic amines) is 1. The Labute approximate surface area is 261 Å². The van der Waals surface area contributed by atoms with Crippen LogP contribution in [-0.2, 0) is 20.9 Å². The van der Waals surface area contributed by atoms with Gasteiger partial charge in [0.2, 0.25) is 17.7 Å². The van der Waals surface area contributed by atoms with E-state index < -0.39 is 33.4 Å². The van der Waals surface area contributed by atoms with Crippen molar-refractivity contribution in [3.05, 3.63) is 114 Å². The molecule has 3 aliphatic rings. The number of anilines is 1. The van der Waals surface area contributed by atoms with Crippen molar-refractivity contribution >= 4 is 45.9 Å². The third-order valence-corrected chi connectivity index (χ3v) is 11.8. The van der Waals surface area contributed by atoms with Crippen LogP contribution in [0.25, 0.3) is 10.8 Å². The molecule has 8 heteroatoms. The molecule has 3 aliphatic heterocycles. The lowest BCUT2D eigenvalue weighted by molar-refractivity contribution is -0.142. The predicted octanol–water partition coefficient (Wildman–Crippen LogP) is 5.31. The van der Waals surface area contributed by atoms with Gasteiger partial charge in [-0.3, -0.25) is 14.4 Å². The lowest BCUT2D eigenvalue weighted by Gasteiger charge is -2.37. The smallest absolute Gasteiger partial charge is 0.248 e. The van der Waals surface area contributed by atoms with E-state index in [1.165, 1.54) is 0 Å². The first-order chi connectivity index (χ1) is 21.3. The van der Waals surface area contributed by atoms with Crippen molar-refractivity contribution in [2.75, 3.05) is 11.9 Å². The Bertz CT molecular complexity index is 1730. The molecule has 6 atom stereocenters. The topological polar surface area (TPSA) is 98.7 Å². The lowest BCUT2D eigenvalue weighted by Crippen LogP contribution is -2.53. The van der Waals surface area contributed by atoms with Crippen LogP contribution in [0.4, 0.5) is 5.69 Å². The summed E-state index contributed by atoms with van der Waals surface area (Å²) < 4.78 is -1.29. The number of hydrogen-bond acceptors (Lipinski definition) is 5. The van der Waals surface area contributed by atoms with Gasteiger partial charge in [-0.1, -0.05) is 91.0 Å². The fourth-order valence-electron chi connectivity index (χ4n) is 7.80. The van der Waals surface area contributed by atoms with Gasteiger partial charge in [0.05, 0.1) is 29.2 Å². The number of hydrogen-bond donors (Lipinski definition) is 3. The molecule has 7 rings (SSSR count). The first-order valence-corrected chi connectivity index (χ1v) is 16.0. The molecule has 0 aliphatic carbocycles. The van der Waals surface area contributed by atoms with Crippen LogP contribution in [0.5, 0.6) is 0 Å². The van der Waals surface area contributed by atoms with Gasteiger partial charge in [-0.05, 0) is 53.8 Å². The summed E-state index contributed by atoms with van der Waals surface area (Å²) >= 11 is 1.62. The largest absolute Gasteiger partial charge is 0.394 e. The number of rotatable bonds is 8. The first-order valence-electron chi connectivity index (χ1n) is 15.1. The molecular formula is C36H35N3O4S. The third kappa shape index (κ3) is 4.59. The molecule has 224 valence electrons. The molecule has 0 aromatic heterocycles. The number of thioether (sulfide) groups is 1. The standard InChI is InChI=1S/C36H35N3O4S/c1-35-18-19-36(44-35)30(29(35)32(41)37-21-23-10-4-2-5-11-23)34(43)39(28(22-40)25-13-6-3-7-14-25)31(36)33(42)38-27-17-16-24-12-8-9-15-26(24)20-27/h2-17,20,28-31,40H,18-19,21-22H2,1H3,(H,37,41)(H,38,42)/t28-,29+,30+,31?,35-,36?/m1/s1. The van der Waals surface area contributed by atoms with Gasteiger partial charge < -0.3 is 20.6 Å². The number of aliphatic hydroxyl groups excluding tert-OH is 1. The molecule has 0 saturated carbocycles. The van der Waals surface area contributed by atoms with Crippen molar-refractivity contribution in [3.63, 3.8) is 0 Å². The van der Waals surface area contributed by atoms with E-state index in [4.69, 9.17) is 0 Å². The zero-order chi connectivity index (χ0) is 30.5. The number of benzene rings is 4. The number of amides is 3. The summed E-state index contributed by atoms with van der Waals surface area (Å²) in [5, 5.41) is 19.0. The van der Waals surface area contributed by atoms with E-state index in [9.17, 15) is 19.5 Å². The van der Waals surface area contributed by atoms with Crippen LogP contribution in [0.15, 0.2) is 103 Å². The van der Waals surface area contributed by atoms with Crippen molar-refractivity contribution in [1.29, 1.82) is 0 Å². The van der Waals surface area contributed by atoms with Gasteiger partial charge in [0.25, 0.3) is 0 Å². The van der Waals surface area contributed by atoms with Gasteiger partial charge in [-0.25, -0.2) is 0 Å². The maximum atomic E-state index is 14.7. The monoisotopic (exact) mass is 605 g/mol. The van der Waals surface area contributed by atoms with Crippen molar-refractivity contribution in [3.8, 4) is 0 Å². The van der Waals surface area contributed by atoms with Gasteiger partial charge >= 0.3 is 0 Å². The van der Waals surface area contributed by atoms with Crippen LogP contribution < -0.4 is 10.6 Å². The van der Waals surface area contributed by atoms with Crippen molar-refractivity contribution < 1.29 is 19.5 Å². The zero-order valence-corrected chi connectivity index (χ0v) is 25.3. The molecule has 4 aromatic rings. The SMILES string of the molecule is C[C@]12CCC3(S1)C(C(=O)Nc1ccc4ccccc4c1)N([C@H](CO)c1ccccc1)C(=O)[C@@H]3[C@H]2C(=O)NCc1ccccc1. The van der Waals surface area contributed by atoms with E-state index in [1.807, 2.05) is 103 Å². The van der Waals surface area contributed by atoms with Gasteiger partial charge in [0, 0.05) is 17.0 Å². The molecule has 7 nitrogen and oxygen atoms in total. The van der Waals surface area contributed by atoms with E-state index in [0.29, 0.717) is 25.1 Å². The molecule has 3 N–H and O–H groups in total. The Hall–Kier alpha value is -4.14. The van der Waals surface area contributed by atoms with Crippen LogP contribution >= 0.6 is 11.8 Å².